The molecule has 0 radical (unpaired) electrons. The summed E-state index contributed by atoms with van der Waals surface area (Å²) < 4.78 is 2.02. The first-order valence-corrected chi connectivity index (χ1v) is 4.44. The smallest absolute Gasteiger partial charge is 0.123 e. The van der Waals surface area contributed by atoms with E-state index in [-0.39, 0.29) is 6.04 Å². The number of hydrogen-bond acceptors (Lipinski definition) is 1. The quantitative estimate of drug-likeness (QED) is 0.652. The number of rotatable bonds is 2. The molecule has 1 saturated carbocycles. The first-order valence-electron chi connectivity index (χ1n) is 4.44. The van der Waals surface area contributed by atoms with Crippen molar-refractivity contribution in [2.75, 3.05) is 0 Å². The first kappa shape index (κ1) is 7.42. The van der Waals surface area contributed by atoms with Gasteiger partial charge in [-0.2, -0.15) is 5.26 Å². The molecular weight excluding hydrogens is 148 g/mol. The zero-order valence-electron chi connectivity index (χ0n) is 6.98. The first-order chi connectivity index (χ1) is 5.92. The predicted octanol–water partition coefficient (Wildman–Crippen LogP) is 2.35. The lowest BCUT2D eigenvalue weighted by Gasteiger charge is -2.30. The molecule has 12 heavy (non-hydrogen) atoms. The van der Waals surface area contributed by atoms with Gasteiger partial charge in [-0.15, -0.1) is 0 Å². The molecule has 1 unspecified atom stereocenters. The third-order valence-electron chi connectivity index (χ3n) is 2.68. The Hall–Kier alpha value is -1.23. The van der Waals surface area contributed by atoms with Crippen LogP contribution in [0, 0.1) is 17.2 Å². The van der Waals surface area contributed by atoms with Gasteiger partial charge in [-0.25, -0.2) is 0 Å². The van der Waals surface area contributed by atoms with Crippen LogP contribution in [-0.2, 0) is 0 Å². The van der Waals surface area contributed by atoms with Gasteiger partial charge in [0.2, 0.25) is 0 Å². The second-order valence-electron chi connectivity index (χ2n) is 3.40. The normalized spacial score (nSPS) is 19.6. The van der Waals surface area contributed by atoms with Crippen molar-refractivity contribution in [1.82, 2.24) is 4.57 Å². The molecule has 2 nitrogen and oxygen atoms in total. The van der Waals surface area contributed by atoms with Crippen LogP contribution in [0.2, 0.25) is 0 Å². The summed E-state index contributed by atoms with van der Waals surface area (Å²) in [6.45, 7) is 0. The molecule has 0 aromatic carbocycles. The second kappa shape index (κ2) is 3.02. The van der Waals surface area contributed by atoms with Crippen LogP contribution in [-0.4, -0.2) is 4.57 Å². The van der Waals surface area contributed by atoms with Gasteiger partial charge < -0.3 is 4.57 Å². The van der Waals surface area contributed by atoms with E-state index in [0.29, 0.717) is 5.92 Å². The van der Waals surface area contributed by atoms with Crippen molar-refractivity contribution >= 4 is 0 Å². The summed E-state index contributed by atoms with van der Waals surface area (Å²) in [6, 6.07) is 6.40. The Balaban J connectivity index is 2.14. The number of nitrogens with zero attached hydrogens (tertiary/aromatic N) is 2. The third kappa shape index (κ3) is 1.12. The van der Waals surface area contributed by atoms with Gasteiger partial charge in [0, 0.05) is 12.4 Å². The maximum absolute atomic E-state index is 8.96. The highest BCUT2D eigenvalue weighted by Gasteiger charge is 2.27. The van der Waals surface area contributed by atoms with Crippen LogP contribution in [0.15, 0.2) is 24.5 Å². The second-order valence-corrected chi connectivity index (χ2v) is 3.40. The van der Waals surface area contributed by atoms with Gasteiger partial charge in [-0.3, -0.25) is 0 Å². The maximum atomic E-state index is 8.96. The van der Waals surface area contributed by atoms with Gasteiger partial charge in [0.15, 0.2) is 0 Å². The lowest BCUT2D eigenvalue weighted by Crippen LogP contribution is -2.23. The molecule has 0 aliphatic heterocycles. The average molecular weight is 160 g/mol. The SMILES string of the molecule is N#CC(C1CCC1)n1cccc1. The Morgan fingerprint density at radius 2 is 2.00 bits per heavy atom. The summed E-state index contributed by atoms with van der Waals surface area (Å²) in [5.41, 5.74) is 0. The monoisotopic (exact) mass is 160 g/mol. The zero-order valence-corrected chi connectivity index (χ0v) is 6.98. The van der Waals surface area contributed by atoms with Gasteiger partial charge in [0.05, 0.1) is 6.07 Å². The van der Waals surface area contributed by atoms with Crippen LogP contribution in [0.25, 0.3) is 0 Å². The van der Waals surface area contributed by atoms with Crippen LogP contribution in [0.5, 0.6) is 0 Å². The minimum absolute atomic E-state index is 0.0775. The lowest BCUT2D eigenvalue weighted by molar-refractivity contribution is 0.248. The highest BCUT2D eigenvalue weighted by atomic mass is 15.0. The molecule has 1 aliphatic carbocycles. The summed E-state index contributed by atoms with van der Waals surface area (Å²) in [7, 11) is 0. The predicted molar refractivity (Wildman–Crippen MR) is 46.4 cm³/mol. The molecule has 1 atom stereocenters. The van der Waals surface area contributed by atoms with Crippen molar-refractivity contribution in [1.29, 1.82) is 5.26 Å². The molecule has 1 aliphatic rings. The Labute approximate surface area is 72.4 Å². The third-order valence-corrected chi connectivity index (χ3v) is 2.68. The fourth-order valence-corrected chi connectivity index (χ4v) is 1.70. The van der Waals surface area contributed by atoms with E-state index in [1.54, 1.807) is 0 Å². The molecule has 1 heterocycles. The molecule has 0 bridgehead atoms. The minimum Gasteiger partial charge on any atom is -0.338 e. The molecule has 0 amide bonds. The van der Waals surface area contributed by atoms with Crippen molar-refractivity contribution in [3.8, 4) is 6.07 Å². The van der Waals surface area contributed by atoms with Gasteiger partial charge in [-0.05, 0) is 30.9 Å². The van der Waals surface area contributed by atoms with Gasteiger partial charge in [-0.1, -0.05) is 6.42 Å². The zero-order chi connectivity index (χ0) is 8.39. The van der Waals surface area contributed by atoms with Crippen LogP contribution in [0.1, 0.15) is 25.3 Å². The van der Waals surface area contributed by atoms with Crippen molar-refractivity contribution in [2.24, 2.45) is 5.92 Å². The highest BCUT2D eigenvalue weighted by Crippen LogP contribution is 2.35. The molecule has 0 saturated heterocycles. The van der Waals surface area contributed by atoms with Crippen LogP contribution in [0.3, 0.4) is 0 Å². The molecule has 62 valence electrons. The standard InChI is InChI=1S/C10H12N2/c11-8-10(9-4-3-5-9)12-6-1-2-7-12/h1-2,6-7,9-10H,3-5H2. The van der Waals surface area contributed by atoms with Crippen LogP contribution < -0.4 is 0 Å². The van der Waals surface area contributed by atoms with E-state index in [4.69, 9.17) is 5.26 Å². The molecule has 1 fully saturated rings. The lowest BCUT2D eigenvalue weighted by atomic mass is 9.80. The van der Waals surface area contributed by atoms with Crippen molar-refractivity contribution in [3.05, 3.63) is 24.5 Å². The molecule has 0 spiro atoms. The number of aromatic nitrogens is 1. The number of hydrogen-bond donors (Lipinski definition) is 0. The van der Waals surface area contributed by atoms with E-state index in [2.05, 4.69) is 6.07 Å². The Morgan fingerprint density at radius 3 is 2.42 bits per heavy atom. The van der Waals surface area contributed by atoms with Gasteiger partial charge in [0.25, 0.3) is 0 Å². The summed E-state index contributed by atoms with van der Waals surface area (Å²) in [6.07, 6.45) is 7.69. The van der Waals surface area contributed by atoms with Crippen LogP contribution >= 0.6 is 0 Å². The Kier molecular flexibility index (Phi) is 1.87. The van der Waals surface area contributed by atoms with Crippen LogP contribution in [0.4, 0.5) is 0 Å². The van der Waals surface area contributed by atoms with E-state index in [1.165, 1.54) is 19.3 Å². The summed E-state index contributed by atoms with van der Waals surface area (Å²) in [4.78, 5) is 0. The fourth-order valence-electron chi connectivity index (χ4n) is 1.70. The Bertz CT molecular complexity index is 277. The van der Waals surface area contributed by atoms with E-state index >= 15 is 0 Å². The van der Waals surface area contributed by atoms with Crippen molar-refractivity contribution in [2.45, 2.75) is 25.3 Å². The molecule has 2 rings (SSSR count). The van der Waals surface area contributed by atoms with Gasteiger partial charge >= 0.3 is 0 Å². The summed E-state index contributed by atoms with van der Waals surface area (Å²) >= 11 is 0. The fraction of sp³-hybridized carbons (Fsp3) is 0.500. The van der Waals surface area contributed by atoms with E-state index in [9.17, 15) is 0 Å². The molecular formula is C10H12N2. The summed E-state index contributed by atoms with van der Waals surface area (Å²) in [5, 5.41) is 8.96. The molecule has 1 aromatic rings. The van der Waals surface area contributed by atoms with Crippen molar-refractivity contribution < 1.29 is 0 Å². The summed E-state index contributed by atoms with van der Waals surface area (Å²) in [5.74, 6) is 0.599. The maximum Gasteiger partial charge on any atom is 0.123 e. The van der Waals surface area contributed by atoms with Crippen molar-refractivity contribution in [3.63, 3.8) is 0 Å². The Morgan fingerprint density at radius 1 is 1.33 bits per heavy atom. The topological polar surface area (TPSA) is 28.7 Å². The highest BCUT2D eigenvalue weighted by molar-refractivity contribution is 5.03. The van der Waals surface area contributed by atoms with E-state index in [1.807, 2.05) is 29.1 Å². The van der Waals surface area contributed by atoms with Gasteiger partial charge in [0.1, 0.15) is 6.04 Å². The molecule has 1 aromatic heterocycles. The van der Waals surface area contributed by atoms with E-state index in [0.717, 1.165) is 0 Å². The molecule has 0 N–H and O–H groups in total. The minimum atomic E-state index is 0.0775. The molecule has 2 heteroatoms. The largest absolute Gasteiger partial charge is 0.338 e. The van der Waals surface area contributed by atoms with E-state index < -0.39 is 0 Å². The average Bonchev–Trinajstić information content (AvgIpc) is 2.47. The number of nitriles is 1.